The van der Waals surface area contributed by atoms with Gasteiger partial charge in [-0.1, -0.05) is 42.5 Å². The average molecular weight is 243 g/mol. The Morgan fingerprint density at radius 1 is 1.28 bits per heavy atom. The Morgan fingerprint density at radius 3 is 2.56 bits per heavy atom. The molecule has 0 fully saturated rings. The fourth-order valence-corrected chi connectivity index (χ4v) is 2.00. The number of allylic oxidation sites excluding steroid dienone is 4. The van der Waals surface area contributed by atoms with E-state index < -0.39 is 12.0 Å². The maximum Gasteiger partial charge on any atom is 0.320 e. The molecule has 3 heteroatoms. The van der Waals surface area contributed by atoms with Crippen molar-refractivity contribution in [3.05, 3.63) is 53.6 Å². The van der Waals surface area contributed by atoms with Gasteiger partial charge >= 0.3 is 5.97 Å². The van der Waals surface area contributed by atoms with Crippen molar-refractivity contribution in [1.82, 2.24) is 0 Å². The van der Waals surface area contributed by atoms with Gasteiger partial charge in [0.05, 0.1) is 0 Å². The van der Waals surface area contributed by atoms with Crippen LogP contribution < -0.4 is 5.73 Å². The summed E-state index contributed by atoms with van der Waals surface area (Å²) in [5.74, 6) is -0.961. The Labute approximate surface area is 107 Å². The van der Waals surface area contributed by atoms with Gasteiger partial charge in [0.2, 0.25) is 0 Å². The highest BCUT2D eigenvalue weighted by atomic mass is 16.4. The number of carbonyl (C=O) groups is 1. The number of carboxylic acid groups (broad SMARTS) is 1. The third-order valence-corrected chi connectivity index (χ3v) is 3.06. The number of hydrogen-bond acceptors (Lipinski definition) is 2. The van der Waals surface area contributed by atoms with Gasteiger partial charge in [0.1, 0.15) is 6.04 Å². The third kappa shape index (κ3) is 3.08. The van der Waals surface area contributed by atoms with Crippen molar-refractivity contribution >= 4 is 11.5 Å². The fraction of sp³-hybridized carbons (Fsp3) is 0.267. The number of nitrogens with two attached hydrogens (primary N) is 1. The third-order valence-electron chi connectivity index (χ3n) is 3.06. The quantitative estimate of drug-likeness (QED) is 0.853. The minimum absolute atomic E-state index is 0.366. The fourth-order valence-electron chi connectivity index (χ4n) is 2.00. The van der Waals surface area contributed by atoms with Crippen LogP contribution in [0.15, 0.2) is 42.5 Å². The van der Waals surface area contributed by atoms with E-state index in [2.05, 4.69) is 18.2 Å². The lowest BCUT2D eigenvalue weighted by Crippen LogP contribution is -2.32. The van der Waals surface area contributed by atoms with Gasteiger partial charge in [-0.25, -0.2) is 0 Å². The summed E-state index contributed by atoms with van der Waals surface area (Å²) in [6.07, 6.45) is 9.07. The Balaban J connectivity index is 2.08. The molecule has 0 unspecified atom stereocenters. The maximum atomic E-state index is 10.7. The van der Waals surface area contributed by atoms with Crippen molar-refractivity contribution in [3.8, 4) is 0 Å². The predicted octanol–water partition coefficient (Wildman–Crippen LogP) is 2.37. The molecule has 2 rings (SSSR count). The van der Waals surface area contributed by atoms with Crippen molar-refractivity contribution in [2.45, 2.75) is 25.3 Å². The van der Waals surface area contributed by atoms with E-state index in [1.165, 1.54) is 11.1 Å². The number of benzene rings is 1. The minimum atomic E-state index is -0.961. The lowest BCUT2D eigenvalue weighted by atomic mass is 9.97. The molecule has 1 aliphatic carbocycles. The minimum Gasteiger partial charge on any atom is -0.480 e. The molecule has 18 heavy (non-hydrogen) atoms. The number of aliphatic carboxylic acids is 1. The van der Waals surface area contributed by atoms with E-state index in [0.29, 0.717) is 6.42 Å². The lowest BCUT2D eigenvalue weighted by molar-refractivity contribution is -0.138. The van der Waals surface area contributed by atoms with E-state index in [1.54, 1.807) is 0 Å². The molecule has 0 saturated carbocycles. The summed E-state index contributed by atoms with van der Waals surface area (Å²) >= 11 is 0. The summed E-state index contributed by atoms with van der Waals surface area (Å²) in [6, 6.07) is 7.10. The standard InChI is InChI=1S/C15H17NO2/c16-14(15(17)18)10-11-6-8-13(9-7-11)12-4-2-1-3-5-12/h2,4-9,14H,1,3,10,16H2,(H,17,18)/t14-/m0/s1. The topological polar surface area (TPSA) is 63.3 Å². The molecule has 0 saturated heterocycles. The second kappa shape index (κ2) is 5.65. The molecule has 0 aromatic heterocycles. The summed E-state index contributed by atoms with van der Waals surface area (Å²) in [6.45, 7) is 0. The molecule has 0 bridgehead atoms. The lowest BCUT2D eigenvalue weighted by Gasteiger charge is -2.09. The van der Waals surface area contributed by atoms with E-state index in [-0.39, 0.29) is 0 Å². The van der Waals surface area contributed by atoms with E-state index in [1.807, 2.05) is 24.3 Å². The molecule has 3 nitrogen and oxygen atoms in total. The van der Waals surface area contributed by atoms with Crippen LogP contribution in [0.1, 0.15) is 24.0 Å². The Morgan fingerprint density at radius 2 is 2.00 bits per heavy atom. The van der Waals surface area contributed by atoms with Crippen LogP contribution in [0.25, 0.3) is 5.57 Å². The molecule has 0 heterocycles. The van der Waals surface area contributed by atoms with Crippen LogP contribution in [0.4, 0.5) is 0 Å². The smallest absolute Gasteiger partial charge is 0.320 e. The normalized spacial score (nSPS) is 16.2. The zero-order valence-corrected chi connectivity index (χ0v) is 10.2. The van der Waals surface area contributed by atoms with Crippen LogP contribution in [-0.2, 0) is 11.2 Å². The predicted molar refractivity (Wildman–Crippen MR) is 72.1 cm³/mol. The highest BCUT2D eigenvalue weighted by molar-refractivity contribution is 5.75. The van der Waals surface area contributed by atoms with Gasteiger partial charge in [0.25, 0.3) is 0 Å². The maximum absolute atomic E-state index is 10.7. The molecule has 94 valence electrons. The Kier molecular flexibility index (Phi) is 3.95. The van der Waals surface area contributed by atoms with Crippen molar-refractivity contribution in [3.63, 3.8) is 0 Å². The Bertz CT molecular complexity index is 486. The van der Waals surface area contributed by atoms with Crippen LogP contribution in [0.2, 0.25) is 0 Å². The highest BCUT2D eigenvalue weighted by Crippen LogP contribution is 2.21. The van der Waals surface area contributed by atoms with Gasteiger partial charge in [-0.05, 0) is 36.0 Å². The van der Waals surface area contributed by atoms with E-state index in [4.69, 9.17) is 10.8 Å². The second-order valence-electron chi connectivity index (χ2n) is 4.48. The van der Waals surface area contributed by atoms with Crippen molar-refractivity contribution < 1.29 is 9.90 Å². The largest absolute Gasteiger partial charge is 0.480 e. The summed E-state index contributed by atoms with van der Waals surface area (Å²) in [7, 11) is 0. The average Bonchev–Trinajstić information content (AvgIpc) is 2.40. The molecule has 0 amide bonds. The Hall–Kier alpha value is -1.87. The van der Waals surface area contributed by atoms with Gasteiger partial charge in [0, 0.05) is 0 Å². The molecule has 1 aliphatic rings. The highest BCUT2D eigenvalue weighted by Gasteiger charge is 2.12. The zero-order chi connectivity index (χ0) is 13.0. The van der Waals surface area contributed by atoms with Crippen molar-refractivity contribution in [1.29, 1.82) is 0 Å². The number of rotatable bonds is 4. The summed E-state index contributed by atoms with van der Waals surface area (Å²) in [4.78, 5) is 10.7. The molecule has 1 atom stereocenters. The first-order valence-electron chi connectivity index (χ1n) is 6.11. The van der Waals surface area contributed by atoms with Crippen molar-refractivity contribution in [2.75, 3.05) is 0 Å². The first kappa shape index (κ1) is 12.6. The van der Waals surface area contributed by atoms with Gasteiger partial charge in [-0.15, -0.1) is 0 Å². The number of hydrogen-bond donors (Lipinski definition) is 2. The van der Waals surface area contributed by atoms with Crippen LogP contribution in [0, 0.1) is 0 Å². The van der Waals surface area contributed by atoms with Crippen LogP contribution >= 0.6 is 0 Å². The molecular weight excluding hydrogens is 226 g/mol. The van der Waals surface area contributed by atoms with Crippen LogP contribution in [0.5, 0.6) is 0 Å². The van der Waals surface area contributed by atoms with E-state index >= 15 is 0 Å². The molecule has 3 N–H and O–H groups in total. The first-order chi connectivity index (χ1) is 8.66. The molecule has 0 aliphatic heterocycles. The summed E-state index contributed by atoms with van der Waals surface area (Å²) in [5.41, 5.74) is 8.86. The zero-order valence-electron chi connectivity index (χ0n) is 10.2. The summed E-state index contributed by atoms with van der Waals surface area (Å²) < 4.78 is 0. The molecule has 0 spiro atoms. The number of carboxylic acids is 1. The van der Waals surface area contributed by atoms with Gasteiger partial charge < -0.3 is 10.8 Å². The van der Waals surface area contributed by atoms with Crippen molar-refractivity contribution in [2.24, 2.45) is 5.73 Å². The van der Waals surface area contributed by atoms with Crippen LogP contribution in [-0.4, -0.2) is 17.1 Å². The van der Waals surface area contributed by atoms with Crippen LogP contribution in [0.3, 0.4) is 0 Å². The van der Waals surface area contributed by atoms with Gasteiger partial charge in [-0.3, -0.25) is 4.79 Å². The van der Waals surface area contributed by atoms with E-state index in [0.717, 1.165) is 18.4 Å². The SMILES string of the molecule is N[C@@H](Cc1ccc(C2=CCCC=C2)cc1)C(=O)O. The first-order valence-corrected chi connectivity index (χ1v) is 6.11. The summed E-state index contributed by atoms with van der Waals surface area (Å²) in [5, 5.41) is 8.76. The monoisotopic (exact) mass is 243 g/mol. The van der Waals surface area contributed by atoms with Gasteiger partial charge in [0.15, 0.2) is 0 Å². The van der Waals surface area contributed by atoms with Gasteiger partial charge in [-0.2, -0.15) is 0 Å². The van der Waals surface area contributed by atoms with E-state index in [9.17, 15) is 4.79 Å². The molecular formula is C15H17NO2. The second-order valence-corrected chi connectivity index (χ2v) is 4.48. The molecule has 1 aromatic carbocycles. The molecule has 1 aromatic rings. The molecule has 0 radical (unpaired) electrons.